The first-order valence-corrected chi connectivity index (χ1v) is 14.7. The van der Waals surface area contributed by atoms with Crippen molar-refractivity contribution in [2.45, 2.75) is 49.8 Å². The normalized spacial score (nSPS) is 24.2. The first-order valence-electron chi connectivity index (χ1n) is 11.6. The molecule has 1 amide bonds. The largest absolute Gasteiger partial charge is 0.365 e. The summed E-state index contributed by atoms with van der Waals surface area (Å²) in [6, 6.07) is 12.2. The number of anilines is 1. The number of carbonyl (C=O) groups excluding carboxylic acids is 1. The Labute approximate surface area is 209 Å². The second-order valence-electron chi connectivity index (χ2n) is 9.29. The number of sulfonamides is 1. The third kappa shape index (κ3) is 5.99. The Morgan fingerprint density at radius 3 is 2.39 bits per heavy atom. The maximum atomic E-state index is 13.2. The molecule has 2 fully saturated rings. The fourth-order valence-electron chi connectivity index (χ4n) is 4.89. The Morgan fingerprint density at radius 2 is 1.79 bits per heavy atom. The highest BCUT2D eigenvalue weighted by atomic mass is 79.9. The first-order chi connectivity index (χ1) is 15.7. The van der Waals surface area contributed by atoms with E-state index in [0.717, 1.165) is 49.1 Å². The zero-order valence-electron chi connectivity index (χ0n) is 19.2. The molecular weight excluding hydrogens is 522 g/mol. The maximum absolute atomic E-state index is 13.2. The number of piperazine rings is 1. The Kier molecular flexibility index (Phi) is 7.83. The third-order valence-corrected chi connectivity index (χ3v) is 10.4. The van der Waals surface area contributed by atoms with Crippen LogP contribution in [0.25, 0.3) is 0 Å². The van der Waals surface area contributed by atoms with Gasteiger partial charge in [0.25, 0.3) is 0 Å². The summed E-state index contributed by atoms with van der Waals surface area (Å²) in [5, 5.41) is 0. The van der Waals surface area contributed by atoms with Crippen LogP contribution in [-0.2, 0) is 14.8 Å². The molecule has 0 spiro atoms. The number of hydrogen-bond acceptors (Lipinski definition) is 5. The Bertz CT molecular complexity index is 1060. The smallest absolute Gasteiger partial charge is 0.250 e. The summed E-state index contributed by atoms with van der Waals surface area (Å²) >= 11 is 4.53. The molecule has 6 nitrogen and oxygen atoms in total. The van der Waals surface area contributed by atoms with Crippen molar-refractivity contribution < 1.29 is 13.2 Å². The van der Waals surface area contributed by atoms with Crippen LogP contribution in [0, 0.1) is 18.8 Å². The molecule has 0 radical (unpaired) electrons. The third-order valence-electron chi connectivity index (χ3n) is 6.88. The number of hydrogen-bond donors (Lipinski definition) is 1. The minimum absolute atomic E-state index is 0.0595. The lowest BCUT2D eigenvalue weighted by atomic mass is 9.81. The first kappa shape index (κ1) is 24.7. The van der Waals surface area contributed by atoms with Crippen LogP contribution in [0.5, 0.6) is 0 Å². The van der Waals surface area contributed by atoms with Crippen molar-refractivity contribution in [2.75, 3.05) is 31.1 Å². The molecule has 180 valence electrons. The van der Waals surface area contributed by atoms with Crippen LogP contribution in [0.2, 0.25) is 0 Å². The lowest BCUT2D eigenvalue weighted by Crippen LogP contribution is -2.55. The molecule has 9 heteroatoms. The monoisotopic (exact) mass is 553 g/mol. The van der Waals surface area contributed by atoms with Crippen molar-refractivity contribution in [3.8, 4) is 0 Å². The summed E-state index contributed by atoms with van der Waals surface area (Å²) in [6.45, 7) is 7.08. The second-order valence-corrected chi connectivity index (χ2v) is 13.7. The SMILES string of the molecule is Cc1ccc(N2CCN(C(=O)C3CCC(CNS(=O)(=O)c4ccc(Br)s4)CC3)C[C@H]2C)cc1. The molecule has 1 saturated carbocycles. The van der Waals surface area contributed by atoms with Gasteiger partial charge in [-0.1, -0.05) is 17.7 Å². The highest BCUT2D eigenvalue weighted by Gasteiger charge is 2.33. The predicted molar refractivity (Wildman–Crippen MR) is 137 cm³/mol. The molecule has 0 unspecified atom stereocenters. The van der Waals surface area contributed by atoms with Gasteiger partial charge in [0.15, 0.2) is 0 Å². The van der Waals surface area contributed by atoms with Gasteiger partial charge in [-0.15, -0.1) is 11.3 Å². The summed E-state index contributed by atoms with van der Waals surface area (Å²) in [7, 11) is -3.46. The van der Waals surface area contributed by atoms with Crippen LogP contribution in [0.3, 0.4) is 0 Å². The Morgan fingerprint density at radius 1 is 1.09 bits per heavy atom. The van der Waals surface area contributed by atoms with Crippen LogP contribution in [0.4, 0.5) is 5.69 Å². The number of rotatable bonds is 6. The van der Waals surface area contributed by atoms with Gasteiger partial charge in [-0.05, 0) is 85.6 Å². The summed E-state index contributed by atoms with van der Waals surface area (Å²) in [4.78, 5) is 17.6. The molecule has 4 rings (SSSR count). The van der Waals surface area contributed by atoms with Crippen LogP contribution < -0.4 is 9.62 Å². The van der Waals surface area contributed by atoms with Gasteiger partial charge in [-0.3, -0.25) is 4.79 Å². The number of halogens is 1. The van der Waals surface area contributed by atoms with Crippen LogP contribution in [0.1, 0.15) is 38.2 Å². The van der Waals surface area contributed by atoms with Gasteiger partial charge in [0.1, 0.15) is 4.21 Å². The average Bonchev–Trinajstić information content (AvgIpc) is 3.26. The van der Waals surface area contributed by atoms with Crippen molar-refractivity contribution in [3.63, 3.8) is 0 Å². The van der Waals surface area contributed by atoms with Gasteiger partial charge in [0.05, 0.1) is 3.79 Å². The molecule has 1 N–H and O–H groups in total. The number of amides is 1. The van der Waals surface area contributed by atoms with E-state index in [9.17, 15) is 13.2 Å². The number of nitrogens with zero attached hydrogens (tertiary/aromatic N) is 2. The van der Waals surface area contributed by atoms with E-state index < -0.39 is 10.0 Å². The van der Waals surface area contributed by atoms with Gasteiger partial charge in [0.2, 0.25) is 15.9 Å². The molecule has 33 heavy (non-hydrogen) atoms. The van der Waals surface area contributed by atoms with Crippen molar-refractivity contribution >= 4 is 48.9 Å². The summed E-state index contributed by atoms with van der Waals surface area (Å²) in [5.74, 6) is 0.613. The fraction of sp³-hybridized carbons (Fsp3) is 0.542. The lowest BCUT2D eigenvalue weighted by molar-refractivity contribution is -0.137. The molecule has 1 aliphatic heterocycles. The Hall–Kier alpha value is -1.42. The summed E-state index contributed by atoms with van der Waals surface area (Å²) in [5.41, 5.74) is 2.47. The zero-order chi connectivity index (χ0) is 23.6. The van der Waals surface area contributed by atoms with E-state index in [-0.39, 0.29) is 23.8 Å². The van der Waals surface area contributed by atoms with Crippen molar-refractivity contribution in [1.82, 2.24) is 9.62 Å². The zero-order valence-corrected chi connectivity index (χ0v) is 22.4. The van der Waals surface area contributed by atoms with Gasteiger partial charge in [0, 0.05) is 43.8 Å². The van der Waals surface area contributed by atoms with E-state index in [1.54, 1.807) is 12.1 Å². The minimum atomic E-state index is -3.46. The average molecular weight is 555 g/mol. The summed E-state index contributed by atoms with van der Waals surface area (Å²) in [6.07, 6.45) is 3.43. The van der Waals surface area contributed by atoms with E-state index in [1.807, 2.05) is 4.90 Å². The molecular formula is C24H32BrN3O3S2. The molecule has 1 aromatic heterocycles. The van der Waals surface area contributed by atoms with E-state index >= 15 is 0 Å². The molecule has 1 atom stereocenters. The molecule has 2 aromatic rings. The van der Waals surface area contributed by atoms with Crippen molar-refractivity contribution in [3.05, 3.63) is 45.7 Å². The van der Waals surface area contributed by atoms with E-state index in [1.165, 1.54) is 22.6 Å². The maximum Gasteiger partial charge on any atom is 0.250 e. The summed E-state index contributed by atoms with van der Waals surface area (Å²) < 4.78 is 28.8. The van der Waals surface area contributed by atoms with Gasteiger partial charge in [-0.25, -0.2) is 13.1 Å². The number of benzene rings is 1. The highest BCUT2D eigenvalue weighted by Crippen LogP contribution is 2.32. The van der Waals surface area contributed by atoms with Crippen LogP contribution in [0.15, 0.2) is 44.4 Å². The van der Waals surface area contributed by atoms with E-state index in [0.29, 0.717) is 10.8 Å². The van der Waals surface area contributed by atoms with Gasteiger partial charge >= 0.3 is 0 Å². The van der Waals surface area contributed by atoms with E-state index in [4.69, 9.17) is 0 Å². The number of carbonyl (C=O) groups is 1. The molecule has 1 saturated heterocycles. The molecule has 2 aliphatic rings. The van der Waals surface area contributed by atoms with E-state index in [2.05, 4.69) is 63.7 Å². The molecule has 2 heterocycles. The number of nitrogens with one attached hydrogen (secondary N) is 1. The quantitative estimate of drug-likeness (QED) is 0.565. The number of aryl methyl sites for hydroxylation is 1. The topological polar surface area (TPSA) is 69.7 Å². The van der Waals surface area contributed by atoms with Crippen molar-refractivity contribution in [1.29, 1.82) is 0 Å². The highest BCUT2D eigenvalue weighted by molar-refractivity contribution is 9.11. The van der Waals surface area contributed by atoms with Gasteiger partial charge < -0.3 is 9.80 Å². The standard InChI is InChI=1S/C24H32BrN3O3S2/c1-17-3-9-21(10-4-17)28-14-13-27(16-18(28)2)24(29)20-7-5-19(6-8-20)15-26-33(30,31)23-12-11-22(25)32-23/h3-4,9-12,18-20,26H,5-8,13-16H2,1-2H3/t18-,19?,20?/m1/s1. The lowest BCUT2D eigenvalue weighted by Gasteiger charge is -2.43. The minimum Gasteiger partial charge on any atom is -0.365 e. The van der Waals surface area contributed by atoms with Gasteiger partial charge in [-0.2, -0.15) is 0 Å². The number of thiophene rings is 1. The fourth-order valence-corrected chi connectivity index (χ4v) is 8.06. The van der Waals surface area contributed by atoms with Crippen molar-refractivity contribution in [2.24, 2.45) is 11.8 Å². The Balaban J connectivity index is 1.24. The molecule has 1 aliphatic carbocycles. The second kappa shape index (κ2) is 10.5. The predicted octanol–water partition coefficient (Wildman–Crippen LogP) is 4.64. The molecule has 1 aromatic carbocycles. The van der Waals surface area contributed by atoms with Crippen LogP contribution in [-0.4, -0.2) is 51.4 Å². The molecule has 0 bridgehead atoms. The van der Waals surface area contributed by atoms with Crippen LogP contribution >= 0.6 is 27.3 Å².